The number of hydrogen-bond donors (Lipinski definition) is 2. The summed E-state index contributed by atoms with van der Waals surface area (Å²) in [6.45, 7) is 9.31. The Balaban J connectivity index is 1.52. The van der Waals surface area contributed by atoms with E-state index in [2.05, 4.69) is 28.5 Å². The number of nitrogens with one attached hydrogen (secondary N) is 2. The molecule has 170 valence electrons. The number of aliphatic imine (C=N–C) groups is 1. The molecule has 0 aliphatic carbocycles. The first-order valence-electron chi connectivity index (χ1n) is 11.6. The molecule has 0 radical (unpaired) electrons. The standard InChI is InChI=1S/C24H37N5O2/c1-3-25-24(26-14-5-8-17-29-20(2)11-9-13-23(29)30)27-19-21(22-12-10-18-31-22)28-15-6-4-7-16-28/h9-13,18,21H,3-8,14-17,19H2,1-2H3,(H2,25,26,27). The first kappa shape index (κ1) is 23.1. The van der Waals surface area contributed by atoms with Crippen molar-refractivity contribution in [2.75, 3.05) is 32.7 Å². The van der Waals surface area contributed by atoms with Crippen molar-refractivity contribution in [2.45, 2.75) is 58.5 Å². The molecule has 1 saturated heterocycles. The minimum absolute atomic E-state index is 0.0736. The Morgan fingerprint density at radius 2 is 1.97 bits per heavy atom. The number of guanidine groups is 1. The molecular formula is C24H37N5O2. The molecule has 1 unspecified atom stereocenters. The van der Waals surface area contributed by atoms with Crippen LogP contribution in [0.2, 0.25) is 0 Å². The molecule has 1 aliphatic heterocycles. The molecule has 1 aliphatic rings. The summed E-state index contributed by atoms with van der Waals surface area (Å²) in [5, 5.41) is 6.79. The van der Waals surface area contributed by atoms with Crippen LogP contribution in [0.4, 0.5) is 0 Å². The van der Waals surface area contributed by atoms with Crippen LogP contribution < -0.4 is 16.2 Å². The zero-order chi connectivity index (χ0) is 21.9. The second-order valence-electron chi connectivity index (χ2n) is 8.14. The number of piperidine rings is 1. The van der Waals surface area contributed by atoms with Gasteiger partial charge in [0.2, 0.25) is 0 Å². The average Bonchev–Trinajstić information content (AvgIpc) is 3.30. The molecule has 2 aromatic rings. The highest BCUT2D eigenvalue weighted by Crippen LogP contribution is 2.25. The van der Waals surface area contributed by atoms with Crippen molar-refractivity contribution < 1.29 is 4.42 Å². The predicted molar refractivity (Wildman–Crippen MR) is 126 cm³/mol. The van der Waals surface area contributed by atoms with Crippen LogP contribution in [0, 0.1) is 6.92 Å². The van der Waals surface area contributed by atoms with Gasteiger partial charge in [0.15, 0.2) is 5.96 Å². The maximum absolute atomic E-state index is 12.0. The van der Waals surface area contributed by atoms with Gasteiger partial charge in [-0.25, -0.2) is 0 Å². The summed E-state index contributed by atoms with van der Waals surface area (Å²) in [4.78, 5) is 19.3. The molecule has 0 aromatic carbocycles. The van der Waals surface area contributed by atoms with E-state index in [1.54, 1.807) is 12.3 Å². The van der Waals surface area contributed by atoms with Crippen LogP contribution >= 0.6 is 0 Å². The molecule has 31 heavy (non-hydrogen) atoms. The zero-order valence-electron chi connectivity index (χ0n) is 19.0. The van der Waals surface area contributed by atoms with E-state index in [9.17, 15) is 4.79 Å². The second kappa shape index (κ2) is 12.3. The molecule has 3 rings (SSSR count). The first-order chi connectivity index (χ1) is 15.2. The summed E-state index contributed by atoms with van der Waals surface area (Å²) in [5.74, 6) is 1.83. The quantitative estimate of drug-likeness (QED) is 0.346. The Kier molecular flexibility index (Phi) is 9.21. The van der Waals surface area contributed by atoms with Crippen molar-refractivity contribution in [3.8, 4) is 0 Å². The number of likely N-dealkylation sites (tertiary alicyclic amines) is 1. The van der Waals surface area contributed by atoms with Gasteiger partial charge in [-0.15, -0.1) is 0 Å². The highest BCUT2D eigenvalue weighted by atomic mass is 16.3. The third-order valence-electron chi connectivity index (χ3n) is 5.84. The van der Waals surface area contributed by atoms with Gasteiger partial charge < -0.3 is 19.6 Å². The lowest BCUT2D eigenvalue weighted by atomic mass is 10.1. The van der Waals surface area contributed by atoms with Gasteiger partial charge in [-0.05, 0) is 70.8 Å². The average molecular weight is 428 g/mol. The Morgan fingerprint density at radius 1 is 1.13 bits per heavy atom. The monoisotopic (exact) mass is 427 g/mol. The number of hydrogen-bond acceptors (Lipinski definition) is 4. The number of aromatic nitrogens is 1. The normalized spacial score (nSPS) is 16.3. The van der Waals surface area contributed by atoms with Gasteiger partial charge in [0.25, 0.3) is 5.56 Å². The van der Waals surface area contributed by atoms with Crippen molar-refractivity contribution in [3.05, 3.63) is 58.4 Å². The van der Waals surface area contributed by atoms with Crippen molar-refractivity contribution in [2.24, 2.45) is 4.99 Å². The fourth-order valence-electron chi connectivity index (χ4n) is 4.13. The minimum Gasteiger partial charge on any atom is -0.468 e. The zero-order valence-corrected chi connectivity index (χ0v) is 19.0. The first-order valence-corrected chi connectivity index (χ1v) is 11.6. The number of rotatable bonds is 10. The van der Waals surface area contributed by atoms with E-state index >= 15 is 0 Å². The van der Waals surface area contributed by atoms with Gasteiger partial charge in [-0.1, -0.05) is 12.5 Å². The van der Waals surface area contributed by atoms with Gasteiger partial charge in [-0.3, -0.25) is 14.7 Å². The molecule has 7 nitrogen and oxygen atoms in total. The lowest BCUT2D eigenvalue weighted by molar-refractivity contribution is 0.150. The topological polar surface area (TPSA) is 74.8 Å². The van der Waals surface area contributed by atoms with Crippen LogP contribution in [0.5, 0.6) is 0 Å². The molecule has 3 heterocycles. The van der Waals surface area contributed by atoms with Gasteiger partial charge in [0.05, 0.1) is 18.8 Å². The molecule has 2 N–H and O–H groups in total. The summed E-state index contributed by atoms with van der Waals surface area (Å²) in [5.41, 5.74) is 1.08. The lowest BCUT2D eigenvalue weighted by Crippen LogP contribution is -2.40. The molecular weight excluding hydrogens is 390 g/mol. The molecule has 0 bridgehead atoms. The highest BCUT2D eigenvalue weighted by molar-refractivity contribution is 5.79. The number of unbranched alkanes of at least 4 members (excludes halogenated alkanes) is 1. The fourth-order valence-corrected chi connectivity index (χ4v) is 4.13. The van der Waals surface area contributed by atoms with Crippen LogP contribution in [0.25, 0.3) is 0 Å². The summed E-state index contributed by atoms with van der Waals surface area (Å²) in [6.07, 6.45) is 7.45. The largest absolute Gasteiger partial charge is 0.468 e. The smallest absolute Gasteiger partial charge is 0.250 e. The van der Waals surface area contributed by atoms with E-state index < -0.39 is 0 Å². The molecule has 0 amide bonds. The summed E-state index contributed by atoms with van der Waals surface area (Å²) in [6, 6.07) is 9.61. The third kappa shape index (κ3) is 6.99. The van der Waals surface area contributed by atoms with Crippen LogP contribution in [-0.4, -0.2) is 48.2 Å². The number of nitrogens with zero attached hydrogens (tertiary/aromatic N) is 3. The van der Waals surface area contributed by atoms with E-state index in [1.165, 1.54) is 19.3 Å². The van der Waals surface area contributed by atoms with E-state index in [1.807, 2.05) is 29.7 Å². The van der Waals surface area contributed by atoms with Crippen LogP contribution in [0.15, 0.2) is 50.8 Å². The van der Waals surface area contributed by atoms with Crippen molar-refractivity contribution in [3.63, 3.8) is 0 Å². The number of aryl methyl sites for hydroxylation is 1. The number of furan rings is 1. The van der Waals surface area contributed by atoms with E-state index in [0.717, 1.165) is 63.0 Å². The molecule has 2 aromatic heterocycles. The van der Waals surface area contributed by atoms with E-state index in [-0.39, 0.29) is 11.6 Å². The van der Waals surface area contributed by atoms with Crippen molar-refractivity contribution >= 4 is 5.96 Å². The maximum Gasteiger partial charge on any atom is 0.250 e. The summed E-state index contributed by atoms with van der Waals surface area (Å²) in [7, 11) is 0. The molecule has 1 atom stereocenters. The number of pyridine rings is 1. The Labute approximate surface area is 185 Å². The fraction of sp³-hybridized carbons (Fsp3) is 0.583. The van der Waals surface area contributed by atoms with Crippen molar-refractivity contribution in [1.82, 2.24) is 20.1 Å². The van der Waals surface area contributed by atoms with Crippen LogP contribution in [0.1, 0.15) is 56.5 Å². The highest BCUT2D eigenvalue weighted by Gasteiger charge is 2.24. The molecule has 1 fully saturated rings. The van der Waals surface area contributed by atoms with E-state index in [4.69, 9.17) is 9.41 Å². The SMILES string of the molecule is CCNC(=NCC(c1ccco1)N1CCCCC1)NCCCCn1c(C)cccc1=O. The Hall–Kier alpha value is -2.54. The maximum atomic E-state index is 12.0. The van der Waals surface area contributed by atoms with Gasteiger partial charge >= 0.3 is 0 Å². The lowest BCUT2D eigenvalue weighted by Gasteiger charge is -2.32. The van der Waals surface area contributed by atoms with Gasteiger partial charge in [0.1, 0.15) is 5.76 Å². The predicted octanol–water partition coefficient (Wildman–Crippen LogP) is 3.31. The molecule has 0 saturated carbocycles. The third-order valence-corrected chi connectivity index (χ3v) is 5.84. The Bertz CT molecular complexity index is 853. The second-order valence-corrected chi connectivity index (χ2v) is 8.14. The van der Waals surface area contributed by atoms with Crippen molar-refractivity contribution in [1.29, 1.82) is 0 Å². The van der Waals surface area contributed by atoms with E-state index in [0.29, 0.717) is 6.54 Å². The van der Waals surface area contributed by atoms with Gasteiger partial charge in [0, 0.05) is 31.4 Å². The minimum atomic E-state index is 0.0736. The molecule has 0 spiro atoms. The van der Waals surface area contributed by atoms with Gasteiger partial charge in [-0.2, -0.15) is 0 Å². The van der Waals surface area contributed by atoms with Crippen LogP contribution in [-0.2, 0) is 6.54 Å². The molecule has 7 heteroatoms. The summed E-state index contributed by atoms with van der Waals surface area (Å²) >= 11 is 0. The summed E-state index contributed by atoms with van der Waals surface area (Å²) < 4.78 is 7.58. The van der Waals surface area contributed by atoms with Crippen LogP contribution in [0.3, 0.4) is 0 Å². The Morgan fingerprint density at radius 3 is 2.68 bits per heavy atom.